The van der Waals surface area contributed by atoms with Crippen molar-refractivity contribution in [2.75, 3.05) is 17.5 Å². The first kappa shape index (κ1) is 25.7. The highest BCUT2D eigenvalue weighted by Gasteiger charge is 2.39. The number of hydrogen-bond donors (Lipinski definition) is 1. The molecule has 0 spiro atoms. The van der Waals surface area contributed by atoms with Crippen LogP contribution in [0.25, 0.3) is 11.1 Å². The first-order valence-electron chi connectivity index (χ1n) is 11.9. The van der Waals surface area contributed by atoms with Crippen molar-refractivity contribution < 1.29 is 27.4 Å². The average molecular weight is 512 g/mol. The van der Waals surface area contributed by atoms with Gasteiger partial charge in [-0.1, -0.05) is 32.9 Å². The Bertz CT molecular complexity index is 1400. The van der Waals surface area contributed by atoms with E-state index in [1.165, 1.54) is 34.6 Å². The summed E-state index contributed by atoms with van der Waals surface area (Å²) in [6.07, 6.45) is 0.634. The molecule has 1 aliphatic heterocycles. The summed E-state index contributed by atoms with van der Waals surface area (Å²) in [5.74, 6) is -0.879. The quantitative estimate of drug-likeness (QED) is 0.415. The Morgan fingerprint density at radius 2 is 1.81 bits per heavy atom. The van der Waals surface area contributed by atoms with Gasteiger partial charge in [-0.05, 0) is 89.5 Å². The maximum Gasteiger partial charge on any atom is 0.341 e. The fourth-order valence-corrected chi connectivity index (χ4v) is 6.39. The van der Waals surface area contributed by atoms with Crippen molar-refractivity contribution in [3.8, 4) is 16.9 Å². The Morgan fingerprint density at radius 1 is 1.11 bits per heavy atom. The lowest BCUT2D eigenvalue weighted by Crippen LogP contribution is -2.31. The summed E-state index contributed by atoms with van der Waals surface area (Å²) in [6, 6.07) is 14.8. The van der Waals surface area contributed by atoms with Crippen LogP contribution in [0.2, 0.25) is 0 Å². The highest BCUT2D eigenvalue weighted by atomic mass is 32.2. The van der Waals surface area contributed by atoms with E-state index in [-0.39, 0.29) is 22.5 Å². The molecule has 0 saturated heterocycles. The second kappa shape index (κ2) is 9.93. The first-order valence-corrected chi connectivity index (χ1v) is 13.4. The van der Waals surface area contributed by atoms with E-state index < -0.39 is 22.6 Å². The minimum absolute atomic E-state index is 0.000238. The van der Waals surface area contributed by atoms with Crippen molar-refractivity contribution in [2.45, 2.75) is 44.9 Å². The molecule has 0 aromatic heterocycles. The Balaban J connectivity index is 1.80. The van der Waals surface area contributed by atoms with Crippen LogP contribution in [0.5, 0.6) is 5.75 Å². The van der Waals surface area contributed by atoms with Crippen molar-refractivity contribution in [2.24, 2.45) is 5.92 Å². The zero-order valence-corrected chi connectivity index (χ0v) is 21.6. The maximum absolute atomic E-state index is 13.9. The van der Waals surface area contributed by atoms with Crippen molar-refractivity contribution in [1.82, 2.24) is 0 Å². The molecule has 1 unspecified atom stereocenters. The summed E-state index contributed by atoms with van der Waals surface area (Å²) < 4.78 is 48.1. The molecule has 36 heavy (non-hydrogen) atoms. The van der Waals surface area contributed by atoms with Gasteiger partial charge in [0.2, 0.25) is 0 Å². The van der Waals surface area contributed by atoms with Gasteiger partial charge in [-0.3, -0.25) is 4.31 Å². The van der Waals surface area contributed by atoms with E-state index in [1.54, 1.807) is 19.1 Å². The SMILES string of the molecule is CCc1cc(-c2ccc(F)cc2)cc2c1N(S(=O)(=O)c1ccc(OCC(=O)O)c(C)c1)CC2C(C)C. The molecule has 1 atom stereocenters. The van der Waals surface area contributed by atoms with Gasteiger partial charge in [0, 0.05) is 12.5 Å². The van der Waals surface area contributed by atoms with Crippen molar-refractivity contribution in [1.29, 1.82) is 0 Å². The monoisotopic (exact) mass is 511 g/mol. The molecule has 0 aliphatic carbocycles. The lowest BCUT2D eigenvalue weighted by atomic mass is 9.87. The number of rotatable bonds is 8. The lowest BCUT2D eigenvalue weighted by molar-refractivity contribution is -0.139. The maximum atomic E-state index is 13.9. The van der Waals surface area contributed by atoms with E-state index in [0.717, 1.165) is 22.3 Å². The number of carbonyl (C=O) groups is 1. The molecule has 0 radical (unpaired) electrons. The zero-order valence-electron chi connectivity index (χ0n) is 20.8. The number of nitrogens with zero attached hydrogens (tertiary/aromatic N) is 1. The van der Waals surface area contributed by atoms with Crippen LogP contribution in [-0.2, 0) is 21.2 Å². The number of anilines is 1. The van der Waals surface area contributed by atoms with Gasteiger partial charge in [0.25, 0.3) is 10.0 Å². The Hall–Kier alpha value is -3.39. The van der Waals surface area contributed by atoms with Crippen LogP contribution in [0, 0.1) is 18.7 Å². The van der Waals surface area contributed by atoms with Crippen LogP contribution in [0.4, 0.5) is 10.1 Å². The van der Waals surface area contributed by atoms with E-state index in [9.17, 15) is 17.6 Å². The van der Waals surface area contributed by atoms with Crippen LogP contribution < -0.4 is 9.04 Å². The Kier molecular flexibility index (Phi) is 7.09. The van der Waals surface area contributed by atoms with Crippen LogP contribution in [0.3, 0.4) is 0 Å². The van der Waals surface area contributed by atoms with Gasteiger partial charge in [-0.2, -0.15) is 0 Å². The number of benzene rings is 3. The van der Waals surface area contributed by atoms with Gasteiger partial charge in [-0.15, -0.1) is 0 Å². The Labute approximate surface area is 211 Å². The van der Waals surface area contributed by atoms with E-state index in [1.807, 2.05) is 19.1 Å². The third kappa shape index (κ3) is 4.82. The van der Waals surface area contributed by atoms with E-state index in [0.29, 0.717) is 30.0 Å². The number of carboxylic acids is 1. The van der Waals surface area contributed by atoms with Crippen molar-refractivity contribution in [3.63, 3.8) is 0 Å². The summed E-state index contributed by atoms with van der Waals surface area (Å²) in [5.41, 5.74) is 4.96. The van der Waals surface area contributed by atoms with Crippen molar-refractivity contribution in [3.05, 3.63) is 77.1 Å². The molecule has 8 heteroatoms. The van der Waals surface area contributed by atoms with Gasteiger partial charge in [0.15, 0.2) is 6.61 Å². The minimum Gasteiger partial charge on any atom is -0.482 e. The second-order valence-corrected chi connectivity index (χ2v) is 11.3. The molecule has 1 aliphatic rings. The third-order valence-corrected chi connectivity index (χ3v) is 8.44. The smallest absolute Gasteiger partial charge is 0.341 e. The van der Waals surface area contributed by atoms with Gasteiger partial charge in [0.1, 0.15) is 11.6 Å². The van der Waals surface area contributed by atoms with Gasteiger partial charge in [-0.25, -0.2) is 17.6 Å². The lowest BCUT2D eigenvalue weighted by Gasteiger charge is -2.23. The summed E-state index contributed by atoms with van der Waals surface area (Å²) in [6.45, 7) is 7.68. The van der Waals surface area contributed by atoms with Gasteiger partial charge >= 0.3 is 5.97 Å². The predicted molar refractivity (Wildman–Crippen MR) is 138 cm³/mol. The molecule has 0 amide bonds. The molecule has 0 saturated carbocycles. The summed E-state index contributed by atoms with van der Waals surface area (Å²) in [4.78, 5) is 11.0. The number of aliphatic carboxylic acids is 1. The normalized spacial score (nSPS) is 15.3. The van der Waals surface area contributed by atoms with Gasteiger partial charge in [0.05, 0.1) is 10.6 Å². The molecule has 1 heterocycles. The number of aryl methyl sites for hydroxylation is 2. The molecule has 0 bridgehead atoms. The van der Waals surface area contributed by atoms with E-state index >= 15 is 0 Å². The molecule has 6 nitrogen and oxygen atoms in total. The molecule has 0 fully saturated rings. The third-order valence-electron chi connectivity index (χ3n) is 6.68. The largest absolute Gasteiger partial charge is 0.482 e. The second-order valence-electron chi connectivity index (χ2n) is 9.43. The van der Waals surface area contributed by atoms with E-state index in [4.69, 9.17) is 9.84 Å². The molecule has 1 N–H and O–H groups in total. The standard InChI is InChI=1S/C28H30FNO5S/c1-5-19-13-21(20-6-8-22(29)9-7-20)14-24-25(17(2)3)15-30(28(19)24)36(33,34)23-10-11-26(18(4)12-23)35-16-27(31)32/h6-14,17,25H,5,15-16H2,1-4H3,(H,31,32). The highest BCUT2D eigenvalue weighted by Crippen LogP contribution is 2.47. The number of sulfonamides is 1. The predicted octanol–water partition coefficient (Wildman–Crippen LogP) is 5.78. The summed E-state index contributed by atoms with van der Waals surface area (Å²) >= 11 is 0. The first-order chi connectivity index (χ1) is 17.0. The number of halogens is 1. The summed E-state index contributed by atoms with van der Waals surface area (Å²) in [5, 5.41) is 8.87. The molecular formula is C28H30FNO5S. The molecule has 3 aromatic rings. The number of carboxylic acid groups (broad SMARTS) is 1. The minimum atomic E-state index is -3.89. The van der Waals surface area contributed by atoms with Crippen LogP contribution in [-0.4, -0.2) is 32.6 Å². The summed E-state index contributed by atoms with van der Waals surface area (Å²) in [7, 11) is -3.89. The average Bonchev–Trinajstić information content (AvgIpc) is 3.24. The molecular weight excluding hydrogens is 481 g/mol. The highest BCUT2D eigenvalue weighted by molar-refractivity contribution is 7.92. The van der Waals surface area contributed by atoms with Crippen LogP contribution >= 0.6 is 0 Å². The van der Waals surface area contributed by atoms with Crippen molar-refractivity contribution >= 4 is 21.7 Å². The van der Waals surface area contributed by atoms with Gasteiger partial charge < -0.3 is 9.84 Å². The zero-order chi connectivity index (χ0) is 26.2. The fourth-order valence-electron chi connectivity index (χ4n) is 4.75. The van der Waals surface area contributed by atoms with Crippen LogP contribution in [0.1, 0.15) is 43.4 Å². The fraction of sp³-hybridized carbons (Fsp3) is 0.321. The molecule has 190 valence electrons. The van der Waals surface area contributed by atoms with Crippen LogP contribution in [0.15, 0.2) is 59.5 Å². The molecule has 3 aromatic carbocycles. The number of ether oxygens (including phenoxy) is 1. The molecule has 4 rings (SSSR count). The van der Waals surface area contributed by atoms with E-state index in [2.05, 4.69) is 13.8 Å². The number of hydrogen-bond acceptors (Lipinski definition) is 4. The topological polar surface area (TPSA) is 83.9 Å². The Morgan fingerprint density at radius 3 is 2.39 bits per heavy atom. The number of fused-ring (bicyclic) bond motifs is 1.